The van der Waals surface area contributed by atoms with E-state index in [1.54, 1.807) is 0 Å². The molecule has 1 unspecified atom stereocenters. The van der Waals surface area contributed by atoms with Gasteiger partial charge in [-0.05, 0) is 12.1 Å². The molecule has 6 nitrogen and oxygen atoms in total. The number of carbonyl (C=O) groups is 1. The minimum atomic E-state index is 0.121. The molecule has 1 N–H and O–H groups in total. The highest BCUT2D eigenvalue weighted by Gasteiger charge is 2.36. The molecule has 6 heteroatoms. The molecule has 21 heavy (non-hydrogen) atoms. The fourth-order valence-corrected chi connectivity index (χ4v) is 3.27. The van der Waals surface area contributed by atoms with Crippen molar-refractivity contribution >= 4 is 23.7 Å². The normalized spacial score (nSPS) is 24.0. The monoisotopic (exact) mass is 285 g/mol. The minimum Gasteiger partial charge on any atom is -0.324 e. The third kappa shape index (κ3) is 2.06. The van der Waals surface area contributed by atoms with Gasteiger partial charge < -0.3 is 15.1 Å². The van der Waals surface area contributed by atoms with Crippen molar-refractivity contribution in [1.29, 1.82) is 0 Å². The SMILES string of the molecule is O=C(N1CCNCC1)N1CC2CN=CN2c2ccccc21. The maximum absolute atomic E-state index is 12.9. The second kappa shape index (κ2) is 5.04. The summed E-state index contributed by atoms with van der Waals surface area (Å²) in [5, 5.41) is 3.29. The molecule has 1 saturated heterocycles. The zero-order chi connectivity index (χ0) is 14.2. The number of nitrogens with one attached hydrogen (secondary N) is 1. The number of amides is 2. The molecule has 3 aliphatic heterocycles. The molecule has 0 aliphatic carbocycles. The molecular formula is C15H19N5O. The van der Waals surface area contributed by atoms with Gasteiger partial charge in [-0.2, -0.15) is 0 Å². The van der Waals surface area contributed by atoms with E-state index in [0.717, 1.165) is 44.1 Å². The fourth-order valence-electron chi connectivity index (χ4n) is 3.27. The lowest BCUT2D eigenvalue weighted by atomic mass is 10.1. The number of urea groups is 1. The van der Waals surface area contributed by atoms with Crippen LogP contribution < -0.4 is 15.1 Å². The van der Waals surface area contributed by atoms with Crippen LogP contribution in [0.2, 0.25) is 0 Å². The Morgan fingerprint density at radius 2 is 1.95 bits per heavy atom. The maximum atomic E-state index is 12.9. The lowest BCUT2D eigenvalue weighted by molar-refractivity contribution is 0.196. The Balaban J connectivity index is 1.66. The maximum Gasteiger partial charge on any atom is 0.324 e. The predicted octanol–water partition coefficient (Wildman–Crippen LogP) is 0.749. The van der Waals surface area contributed by atoms with E-state index in [4.69, 9.17) is 0 Å². The van der Waals surface area contributed by atoms with Gasteiger partial charge in [0.2, 0.25) is 0 Å². The van der Waals surface area contributed by atoms with Gasteiger partial charge in [-0.3, -0.25) is 9.89 Å². The number of nitrogens with zero attached hydrogens (tertiary/aromatic N) is 4. The van der Waals surface area contributed by atoms with Gasteiger partial charge in [-0.15, -0.1) is 0 Å². The number of carbonyl (C=O) groups excluding carboxylic acids is 1. The summed E-state index contributed by atoms with van der Waals surface area (Å²) in [6.45, 7) is 4.78. The number of rotatable bonds is 0. The van der Waals surface area contributed by atoms with Crippen LogP contribution in [0.4, 0.5) is 16.2 Å². The van der Waals surface area contributed by atoms with Crippen LogP contribution in [0.1, 0.15) is 0 Å². The summed E-state index contributed by atoms with van der Waals surface area (Å²) in [4.78, 5) is 23.3. The average Bonchev–Trinajstić information content (AvgIpc) is 3.03. The molecule has 0 saturated carbocycles. The van der Waals surface area contributed by atoms with Crippen LogP contribution in [0, 0.1) is 0 Å². The molecule has 0 spiro atoms. The summed E-state index contributed by atoms with van der Waals surface area (Å²) in [6.07, 6.45) is 1.90. The summed E-state index contributed by atoms with van der Waals surface area (Å²) in [6, 6.07) is 8.49. The number of para-hydroxylation sites is 2. The number of piperazine rings is 1. The van der Waals surface area contributed by atoms with E-state index in [9.17, 15) is 4.79 Å². The molecule has 0 aromatic heterocycles. The lowest BCUT2D eigenvalue weighted by Gasteiger charge is -2.41. The third-order valence-corrected chi connectivity index (χ3v) is 4.38. The predicted molar refractivity (Wildman–Crippen MR) is 83.3 cm³/mol. The van der Waals surface area contributed by atoms with Crippen LogP contribution in [0.25, 0.3) is 0 Å². The second-order valence-corrected chi connectivity index (χ2v) is 5.66. The molecule has 3 heterocycles. The van der Waals surface area contributed by atoms with Gasteiger partial charge in [-0.1, -0.05) is 12.1 Å². The molecule has 0 radical (unpaired) electrons. The van der Waals surface area contributed by atoms with Gasteiger partial charge in [0.1, 0.15) is 0 Å². The number of aliphatic imine (C=N–C) groups is 1. The quantitative estimate of drug-likeness (QED) is 0.765. The Kier molecular flexibility index (Phi) is 3.03. The minimum absolute atomic E-state index is 0.121. The van der Waals surface area contributed by atoms with E-state index in [2.05, 4.69) is 21.3 Å². The van der Waals surface area contributed by atoms with Crippen molar-refractivity contribution in [2.75, 3.05) is 49.1 Å². The first-order valence-electron chi connectivity index (χ1n) is 7.49. The molecular weight excluding hydrogens is 266 g/mol. The van der Waals surface area contributed by atoms with Gasteiger partial charge >= 0.3 is 6.03 Å². The van der Waals surface area contributed by atoms with E-state index in [-0.39, 0.29) is 12.1 Å². The molecule has 1 aromatic rings. The Morgan fingerprint density at radius 3 is 2.76 bits per heavy atom. The largest absolute Gasteiger partial charge is 0.324 e. The van der Waals surface area contributed by atoms with Crippen LogP contribution in [0.5, 0.6) is 0 Å². The number of anilines is 2. The second-order valence-electron chi connectivity index (χ2n) is 5.66. The molecule has 2 amide bonds. The van der Waals surface area contributed by atoms with Crippen molar-refractivity contribution in [3.63, 3.8) is 0 Å². The zero-order valence-corrected chi connectivity index (χ0v) is 11.9. The Morgan fingerprint density at radius 1 is 1.19 bits per heavy atom. The molecule has 4 rings (SSSR count). The van der Waals surface area contributed by atoms with E-state index in [1.165, 1.54) is 0 Å². The summed E-state index contributed by atoms with van der Waals surface area (Å²) in [7, 11) is 0. The Hall–Kier alpha value is -2.08. The summed E-state index contributed by atoms with van der Waals surface area (Å²) < 4.78 is 0. The molecule has 1 fully saturated rings. The van der Waals surface area contributed by atoms with Crippen molar-refractivity contribution in [3.8, 4) is 0 Å². The van der Waals surface area contributed by atoms with Crippen LogP contribution in [0.3, 0.4) is 0 Å². The van der Waals surface area contributed by atoms with E-state index in [1.807, 2.05) is 34.3 Å². The van der Waals surface area contributed by atoms with E-state index < -0.39 is 0 Å². The Labute approximate surface area is 124 Å². The molecule has 1 atom stereocenters. The number of fused-ring (bicyclic) bond motifs is 3. The van der Waals surface area contributed by atoms with E-state index in [0.29, 0.717) is 6.54 Å². The number of benzene rings is 1. The summed E-state index contributed by atoms with van der Waals surface area (Å²) >= 11 is 0. The highest BCUT2D eigenvalue weighted by molar-refractivity contribution is 6.01. The van der Waals surface area contributed by atoms with Crippen molar-refractivity contribution in [1.82, 2.24) is 10.2 Å². The average molecular weight is 285 g/mol. The van der Waals surface area contributed by atoms with E-state index >= 15 is 0 Å². The third-order valence-electron chi connectivity index (χ3n) is 4.38. The fraction of sp³-hybridized carbons (Fsp3) is 0.467. The first kappa shape index (κ1) is 12.6. The zero-order valence-electron chi connectivity index (χ0n) is 11.9. The smallest absolute Gasteiger partial charge is 0.324 e. The van der Waals surface area contributed by atoms with Crippen molar-refractivity contribution in [2.24, 2.45) is 4.99 Å². The highest BCUT2D eigenvalue weighted by atomic mass is 16.2. The molecule has 1 aromatic carbocycles. The number of hydrogen-bond acceptors (Lipinski definition) is 4. The van der Waals surface area contributed by atoms with Crippen LogP contribution in [-0.2, 0) is 0 Å². The van der Waals surface area contributed by atoms with Crippen molar-refractivity contribution in [3.05, 3.63) is 24.3 Å². The lowest BCUT2D eigenvalue weighted by Crippen LogP contribution is -2.56. The van der Waals surface area contributed by atoms with Gasteiger partial charge in [0.05, 0.1) is 36.8 Å². The summed E-state index contributed by atoms with van der Waals surface area (Å²) in [5.74, 6) is 0. The molecule has 3 aliphatic rings. The summed E-state index contributed by atoms with van der Waals surface area (Å²) in [5.41, 5.74) is 2.07. The highest BCUT2D eigenvalue weighted by Crippen LogP contribution is 2.36. The molecule has 110 valence electrons. The van der Waals surface area contributed by atoms with Crippen LogP contribution in [-0.4, -0.2) is 62.6 Å². The van der Waals surface area contributed by atoms with Crippen molar-refractivity contribution < 1.29 is 4.79 Å². The standard InChI is InChI=1S/C15H19N5O/c21-15(18-7-5-16-6-8-18)19-10-12-9-17-11-20(12)14-4-2-1-3-13(14)19/h1-4,11-12,16H,5-10H2. The first-order chi connectivity index (χ1) is 10.3. The Bertz CT molecular complexity index is 581. The van der Waals surface area contributed by atoms with Crippen molar-refractivity contribution in [2.45, 2.75) is 6.04 Å². The van der Waals surface area contributed by atoms with Crippen LogP contribution in [0.15, 0.2) is 29.3 Å². The number of hydrogen-bond donors (Lipinski definition) is 1. The first-order valence-corrected chi connectivity index (χ1v) is 7.49. The van der Waals surface area contributed by atoms with Gasteiger partial charge in [0.15, 0.2) is 0 Å². The van der Waals surface area contributed by atoms with Gasteiger partial charge in [-0.25, -0.2) is 4.79 Å². The topological polar surface area (TPSA) is 51.2 Å². The molecule has 0 bridgehead atoms. The van der Waals surface area contributed by atoms with Crippen LogP contribution >= 0.6 is 0 Å². The van der Waals surface area contributed by atoms with Gasteiger partial charge in [0, 0.05) is 26.2 Å². The van der Waals surface area contributed by atoms with Gasteiger partial charge in [0.25, 0.3) is 0 Å².